The first kappa shape index (κ1) is 17.1. The van der Waals surface area contributed by atoms with Crippen LogP contribution in [-0.2, 0) is 0 Å². The van der Waals surface area contributed by atoms with E-state index < -0.39 is 5.63 Å². The second-order valence-electron chi connectivity index (χ2n) is 7.61. The third-order valence-electron chi connectivity index (χ3n) is 2.94. The van der Waals surface area contributed by atoms with Crippen molar-refractivity contribution < 1.29 is 4.52 Å². The zero-order chi connectivity index (χ0) is 17.3. The maximum atomic E-state index is 12.3. The molecule has 1 heterocycles. The van der Waals surface area contributed by atoms with E-state index in [0.29, 0.717) is 17.1 Å². The number of nitrogens with zero attached hydrogens (tertiary/aromatic N) is 1. The van der Waals surface area contributed by atoms with Gasteiger partial charge in [-0.3, -0.25) is 4.99 Å². The second kappa shape index (κ2) is 6.07. The molecule has 0 aliphatic heterocycles. The Morgan fingerprint density at radius 2 is 1.70 bits per heavy atom. The lowest BCUT2D eigenvalue weighted by molar-refractivity contribution is 0.393. The molecule has 0 saturated heterocycles. The van der Waals surface area contributed by atoms with E-state index in [9.17, 15) is 4.79 Å². The van der Waals surface area contributed by atoms with Gasteiger partial charge in [-0.15, -0.1) is 0 Å². The zero-order valence-electron chi connectivity index (χ0n) is 14.7. The first-order valence-corrected chi connectivity index (χ1v) is 7.72. The summed E-state index contributed by atoms with van der Waals surface area (Å²) < 4.78 is 5.06. The van der Waals surface area contributed by atoms with Gasteiger partial charge in [0.25, 0.3) is 0 Å². The summed E-state index contributed by atoms with van der Waals surface area (Å²) in [4.78, 5) is 17.0. The molecule has 0 radical (unpaired) electrons. The largest absolute Gasteiger partial charge is 0.368 e. The van der Waals surface area contributed by atoms with Crippen LogP contribution in [0.2, 0.25) is 0 Å². The zero-order valence-corrected chi connectivity index (χ0v) is 14.7. The fraction of sp³-hybridized carbons (Fsp3) is 0.444. The number of amidine groups is 1. The normalized spacial score (nSPS) is 13.2. The molecule has 23 heavy (non-hydrogen) atoms. The molecule has 1 aromatic carbocycles. The number of aromatic nitrogens is 1. The van der Waals surface area contributed by atoms with Crippen molar-refractivity contribution in [3.63, 3.8) is 0 Å². The lowest BCUT2D eigenvalue weighted by atomic mass is 10.0. The Morgan fingerprint density at radius 1 is 1.09 bits per heavy atom. The van der Waals surface area contributed by atoms with Crippen LogP contribution in [0.1, 0.15) is 47.1 Å². The lowest BCUT2D eigenvalue weighted by Gasteiger charge is -2.25. The minimum atomic E-state index is -0.427. The molecule has 2 N–H and O–H groups in total. The molecule has 0 amide bonds. The van der Waals surface area contributed by atoms with Crippen LogP contribution in [0.5, 0.6) is 0 Å². The van der Waals surface area contributed by atoms with E-state index in [1.165, 1.54) is 0 Å². The fourth-order valence-corrected chi connectivity index (χ4v) is 2.16. The standard InChI is InChI=1S/C18H25N3O2/c1-17(2,3)19-15(20-18(4,5)6)13-14(21-23-16(13)22)12-10-8-7-9-11-12/h7-11,21H,1-6H3,(H,19,20). The fourth-order valence-electron chi connectivity index (χ4n) is 2.16. The summed E-state index contributed by atoms with van der Waals surface area (Å²) >= 11 is 0. The summed E-state index contributed by atoms with van der Waals surface area (Å²) in [6.07, 6.45) is 0. The average Bonchev–Trinajstić information content (AvgIpc) is 2.77. The second-order valence-corrected chi connectivity index (χ2v) is 7.61. The molecule has 2 aromatic rings. The highest BCUT2D eigenvalue weighted by Gasteiger charge is 2.25. The Bertz CT molecular complexity index is 741. The van der Waals surface area contributed by atoms with Crippen LogP contribution in [0.3, 0.4) is 0 Å². The van der Waals surface area contributed by atoms with Crippen LogP contribution in [0.15, 0.2) is 44.6 Å². The van der Waals surface area contributed by atoms with Crippen molar-refractivity contribution >= 4 is 5.84 Å². The lowest BCUT2D eigenvalue weighted by Crippen LogP contribution is -2.43. The van der Waals surface area contributed by atoms with E-state index in [2.05, 4.69) is 10.5 Å². The van der Waals surface area contributed by atoms with Crippen LogP contribution in [0, 0.1) is 0 Å². The van der Waals surface area contributed by atoms with E-state index in [1.807, 2.05) is 71.9 Å². The van der Waals surface area contributed by atoms with Crippen molar-refractivity contribution in [1.29, 1.82) is 0 Å². The van der Waals surface area contributed by atoms with E-state index in [1.54, 1.807) is 0 Å². The minimum absolute atomic E-state index is 0.234. The van der Waals surface area contributed by atoms with Crippen LogP contribution in [-0.4, -0.2) is 22.1 Å². The summed E-state index contributed by atoms with van der Waals surface area (Å²) in [5.41, 5.74) is 0.957. The van der Waals surface area contributed by atoms with Crippen LogP contribution >= 0.6 is 0 Å². The number of benzene rings is 1. The number of hydrogen-bond acceptors (Lipinski definition) is 3. The smallest absolute Gasteiger partial charge is 0.365 e. The molecular formula is C18H25N3O2. The van der Waals surface area contributed by atoms with Gasteiger partial charge in [-0.05, 0) is 41.5 Å². The molecular weight excluding hydrogens is 290 g/mol. The molecule has 0 bridgehead atoms. The van der Waals surface area contributed by atoms with Gasteiger partial charge in [-0.2, -0.15) is 0 Å². The van der Waals surface area contributed by atoms with Gasteiger partial charge >= 0.3 is 5.63 Å². The average molecular weight is 315 g/mol. The van der Waals surface area contributed by atoms with Gasteiger partial charge in [-0.1, -0.05) is 30.3 Å². The van der Waals surface area contributed by atoms with Gasteiger partial charge < -0.3 is 9.84 Å². The maximum absolute atomic E-state index is 12.3. The molecule has 0 spiro atoms. The van der Waals surface area contributed by atoms with Gasteiger partial charge in [0.15, 0.2) is 0 Å². The first-order chi connectivity index (χ1) is 10.6. The molecule has 0 saturated carbocycles. The highest BCUT2D eigenvalue weighted by molar-refractivity contribution is 6.03. The van der Waals surface area contributed by atoms with Crippen molar-refractivity contribution in [3.8, 4) is 11.3 Å². The quantitative estimate of drug-likeness (QED) is 0.657. The van der Waals surface area contributed by atoms with Gasteiger partial charge in [0.05, 0.1) is 11.2 Å². The van der Waals surface area contributed by atoms with Crippen LogP contribution in [0.4, 0.5) is 0 Å². The maximum Gasteiger partial charge on any atom is 0.368 e. The monoisotopic (exact) mass is 315 g/mol. The third-order valence-corrected chi connectivity index (χ3v) is 2.94. The Balaban J connectivity index is 2.63. The number of H-pyrrole nitrogens is 1. The van der Waals surface area contributed by atoms with E-state index >= 15 is 0 Å². The summed E-state index contributed by atoms with van der Waals surface area (Å²) in [7, 11) is 0. The predicted octanol–water partition coefficient (Wildman–Crippen LogP) is 3.57. The van der Waals surface area contributed by atoms with Gasteiger partial charge in [0, 0.05) is 11.1 Å². The van der Waals surface area contributed by atoms with E-state index in [0.717, 1.165) is 5.56 Å². The molecule has 1 aromatic heterocycles. The Kier molecular flexibility index (Phi) is 4.50. The van der Waals surface area contributed by atoms with Crippen molar-refractivity contribution in [2.45, 2.75) is 52.6 Å². The summed E-state index contributed by atoms with van der Waals surface area (Å²) in [6.45, 7) is 12.1. The van der Waals surface area contributed by atoms with Crippen molar-refractivity contribution in [2.24, 2.45) is 4.99 Å². The molecule has 124 valence electrons. The minimum Gasteiger partial charge on any atom is -0.365 e. The van der Waals surface area contributed by atoms with Gasteiger partial charge in [0.1, 0.15) is 11.4 Å². The molecule has 0 aliphatic rings. The molecule has 5 heteroatoms. The van der Waals surface area contributed by atoms with E-state index in [4.69, 9.17) is 9.52 Å². The molecule has 2 rings (SSSR count). The number of hydrogen-bond donors (Lipinski definition) is 2. The Hall–Kier alpha value is -2.30. The highest BCUT2D eigenvalue weighted by Crippen LogP contribution is 2.21. The SMILES string of the molecule is CC(C)(C)N=C(NC(C)(C)C)c1c(-c2ccccc2)[nH]oc1=O. The van der Waals surface area contributed by atoms with Gasteiger partial charge in [-0.25, -0.2) is 9.95 Å². The Morgan fingerprint density at radius 3 is 2.22 bits per heavy atom. The summed E-state index contributed by atoms with van der Waals surface area (Å²) in [5.74, 6) is 0.541. The number of aromatic amines is 1. The van der Waals surface area contributed by atoms with Gasteiger partial charge in [0.2, 0.25) is 0 Å². The van der Waals surface area contributed by atoms with Crippen molar-refractivity contribution in [1.82, 2.24) is 10.5 Å². The van der Waals surface area contributed by atoms with Crippen molar-refractivity contribution in [3.05, 3.63) is 46.3 Å². The third kappa shape index (κ3) is 4.58. The highest BCUT2D eigenvalue weighted by atomic mass is 16.5. The molecule has 5 nitrogen and oxygen atoms in total. The Labute approximate surface area is 136 Å². The van der Waals surface area contributed by atoms with Crippen LogP contribution in [0.25, 0.3) is 11.3 Å². The van der Waals surface area contributed by atoms with Crippen LogP contribution < -0.4 is 10.9 Å². The molecule has 0 aliphatic carbocycles. The predicted molar refractivity (Wildman–Crippen MR) is 93.9 cm³/mol. The van der Waals surface area contributed by atoms with E-state index in [-0.39, 0.29) is 11.1 Å². The topological polar surface area (TPSA) is 70.4 Å². The summed E-state index contributed by atoms with van der Waals surface area (Å²) in [5, 5.41) is 6.07. The van der Waals surface area contributed by atoms with Crippen molar-refractivity contribution in [2.75, 3.05) is 0 Å². The molecule has 0 fully saturated rings. The molecule has 0 unspecified atom stereocenters. The first-order valence-electron chi connectivity index (χ1n) is 7.72. The number of rotatable bonds is 2. The number of nitrogens with one attached hydrogen (secondary N) is 2. The summed E-state index contributed by atoms with van der Waals surface area (Å²) in [6, 6.07) is 9.62. The molecule has 0 atom stereocenters. The number of aliphatic imine (C=N–C) groups is 1.